The molecule has 0 saturated carbocycles. The molecule has 6 nitrogen and oxygen atoms in total. The van der Waals surface area contributed by atoms with E-state index in [4.69, 9.17) is 21.1 Å². The minimum absolute atomic E-state index is 0.00499. The minimum atomic E-state index is -4.83. The molecule has 3 aromatic carbocycles. The van der Waals surface area contributed by atoms with Gasteiger partial charge in [-0.05, 0) is 68.4 Å². The van der Waals surface area contributed by atoms with Gasteiger partial charge in [-0.25, -0.2) is 4.79 Å². The predicted octanol–water partition coefficient (Wildman–Crippen LogP) is 7.46. The molecule has 0 bridgehead atoms. The Morgan fingerprint density at radius 1 is 0.943 bits per heavy atom. The molecule has 35 heavy (non-hydrogen) atoms. The Kier molecular flexibility index (Phi) is 6.53. The van der Waals surface area contributed by atoms with Crippen molar-refractivity contribution < 1.29 is 37.3 Å². The van der Waals surface area contributed by atoms with Crippen LogP contribution in [0.5, 0.6) is 23.0 Å². The first-order valence-corrected chi connectivity index (χ1v) is 10.8. The quantitative estimate of drug-likeness (QED) is 0.282. The largest absolute Gasteiger partial charge is 0.573 e. The smallest absolute Gasteiger partial charge is 0.491 e. The van der Waals surface area contributed by atoms with Crippen LogP contribution in [0.15, 0.2) is 66.7 Å². The first-order chi connectivity index (χ1) is 16.5. The molecule has 0 unspecified atom stereocenters. The zero-order valence-electron chi connectivity index (χ0n) is 18.5. The van der Waals surface area contributed by atoms with Crippen molar-refractivity contribution >= 4 is 28.5 Å². The van der Waals surface area contributed by atoms with Crippen LogP contribution in [0.2, 0.25) is 5.02 Å². The lowest BCUT2D eigenvalue weighted by molar-refractivity contribution is -0.274. The fourth-order valence-electron chi connectivity index (χ4n) is 3.57. The number of rotatable bonds is 7. The van der Waals surface area contributed by atoms with Crippen LogP contribution in [-0.2, 0) is 0 Å². The predicted molar refractivity (Wildman–Crippen MR) is 124 cm³/mol. The number of carbonyl (C=O) groups is 1. The summed E-state index contributed by atoms with van der Waals surface area (Å²) in [6.45, 7) is 3.80. The highest BCUT2D eigenvalue weighted by atomic mass is 35.5. The van der Waals surface area contributed by atoms with E-state index in [1.165, 1.54) is 22.8 Å². The highest BCUT2D eigenvalue weighted by molar-refractivity contribution is 6.38. The van der Waals surface area contributed by atoms with E-state index in [1.807, 2.05) is 13.8 Å². The second kappa shape index (κ2) is 9.42. The number of carboxylic acids is 1. The van der Waals surface area contributed by atoms with E-state index in [0.29, 0.717) is 22.3 Å². The van der Waals surface area contributed by atoms with Crippen molar-refractivity contribution in [2.45, 2.75) is 26.3 Å². The Balaban J connectivity index is 1.72. The number of fused-ring (bicyclic) bond motifs is 1. The molecule has 0 aliphatic rings. The van der Waals surface area contributed by atoms with E-state index in [1.54, 1.807) is 36.4 Å². The average Bonchev–Trinajstić information content (AvgIpc) is 3.05. The van der Waals surface area contributed by atoms with Crippen LogP contribution in [0.3, 0.4) is 0 Å². The van der Waals surface area contributed by atoms with Gasteiger partial charge in [-0.2, -0.15) is 0 Å². The van der Waals surface area contributed by atoms with Crippen LogP contribution in [0, 0.1) is 0 Å². The Morgan fingerprint density at radius 3 is 2.20 bits per heavy atom. The molecule has 10 heteroatoms. The Bertz CT molecular complexity index is 1380. The molecular weight excluding hydrogens is 487 g/mol. The lowest BCUT2D eigenvalue weighted by atomic mass is 10.2. The fourth-order valence-corrected chi connectivity index (χ4v) is 3.89. The van der Waals surface area contributed by atoms with Crippen molar-refractivity contribution in [1.82, 2.24) is 4.57 Å². The van der Waals surface area contributed by atoms with Gasteiger partial charge in [0.15, 0.2) is 5.69 Å². The summed E-state index contributed by atoms with van der Waals surface area (Å²) in [6.07, 6.45) is -4.85. The summed E-state index contributed by atoms with van der Waals surface area (Å²) in [4.78, 5) is 12.1. The van der Waals surface area contributed by atoms with Gasteiger partial charge in [0, 0.05) is 17.1 Å². The van der Waals surface area contributed by atoms with Gasteiger partial charge in [0.05, 0.1) is 16.6 Å². The number of ether oxygens (including phenoxy) is 3. The van der Waals surface area contributed by atoms with E-state index < -0.39 is 18.1 Å². The third-order valence-corrected chi connectivity index (χ3v) is 5.20. The minimum Gasteiger partial charge on any atom is -0.491 e. The van der Waals surface area contributed by atoms with Crippen molar-refractivity contribution in [3.8, 4) is 28.7 Å². The summed E-state index contributed by atoms with van der Waals surface area (Å²) >= 11 is 6.45. The SMILES string of the molecule is CC(C)Oc1ccc(-n2c(C(=O)O)c(Cl)c3cc(Oc4cccc(OC(F)(F)F)c4)ccc32)cc1. The molecule has 0 aliphatic carbocycles. The van der Waals surface area contributed by atoms with E-state index in [2.05, 4.69) is 4.74 Å². The summed E-state index contributed by atoms with van der Waals surface area (Å²) in [5.74, 6) is -0.679. The molecule has 0 spiro atoms. The van der Waals surface area contributed by atoms with Crippen molar-refractivity contribution in [3.63, 3.8) is 0 Å². The summed E-state index contributed by atoms with van der Waals surface area (Å²) in [5, 5.41) is 10.2. The lowest BCUT2D eigenvalue weighted by Gasteiger charge is -2.13. The van der Waals surface area contributed by atoms with Gasteiger partial charge in [-0.1, -0.05) is 17.7 Å². The Morgan fingerprint density at radius 2 is 1.57 bits per heavy atom. The molecular formula is C25H19ClF3NO5. The molecule has 1 aromatic heterocycles. The zero-order valence-corrected chi connectivity index (χ0v) is 19.2. The molecule has 4 aromatic rings. The van der Waals surface area contributed by atoms with E-state index in [9.17, 15) is 23.1 Å². The van der Waals surface area contributed by atoms with Crippen molar-refractivity contribution in [2.75, 3.05) is 0 Å². The lowest BCUT2D eigenvalue weighted by Crippen LogP contribution is -2.16. The maximum absolute atomic E-state index is 12.5. The standard InChI is InChI=1S/C25H19ClF3NO5/c1-14(2)33-16-8-6-15(7-9-16)30-21-11-10-18(13-20(21)22(26)23(30)24(31)32)34-17-4-3-5-19(12-17)35-25(27,28)29/h3-14H,1-2H3,(H,31,32). The molecule has 0 fully saturated rings. The summed E-state index contributed by atoms with van der Waals surface area (Å²) < 4.78 is 54.3. The number of nitrogens with zero attached hydrogens (tertiary/aromatic N) is 1. The number of hydrogen-bond donors (Lipinski definition) is 1. The first-order valence-electron chi connectivity index (χ1n) is 10.4. The van der Waals surface area contributed by atoms with E-state index in [-0.39, 0.29) is 28.3 Å². The molecule has 1 N–H and O–H groups in total. The molecule has 0 amide bonds. The van der Waals surface area contributed by atoms with E-state index in [0.717, 1.165) is 12.1 Å². The van der Waals surface area contributed by atoms with Gasteiger partial charge in [-0.3, -0.25) is 0 Å². The van der Waals surface area contributed by atoms with Crippen molar-refractivity contribution in [2.24, 2.45) is 0 Å². The van der Waals surface area contributed by atoms with Gasteiger partial charge in [0.25, 0.3) is 0 Å². The number of aromatic nitrogens is 1. The molecule has 0 atom stereocenters. The molecule has 0 saturated heterocycles. The number of benzene rings is 3. The number of halogens is 4. The van der Waals surface area contributed by atoms with Crippen molar-refractivity contribution in [1.29, 1.82) is 0 Å². The summed E-state index contributed by atoms with van der Waals surface area (Å²) in [5.41, 5.74) is 0.921. The molecule has 0 radical (unpaired) electrons. The van der Waals surface area contributed by atoms with E-state index >= 15 is 0 Å². The highest BCUT2D eigenvalue weighted by Crippen LogP contribution is 2.37. The Labute approximate surface area is 203 Å². The Hall–Kier alpha value is -3.85. The number of aromatic carboxylic acids is 1. The third kappa shape index (κ3) is 5.46. The highest BCUT2D eigenvalue weighted by Gasteiger charge is 2.31. The number of alkyl halides is 3. The molecule has 182 valence electrons. The van der Waals surface area contributed by atoms with Crippen LogP contribution < -0.4 is 14.2 Å². The maximum Gasteiger partial charge on any atom is 0.573 e. The number of carboxylic acid groups (broad SMARTS) is 1. The van der Waals surface area contributed by atoms with Crippen LogP contribution in [0.4, 0.5) is 13.2 Å². The zero-order chi connectivity index (χ0) is 25.3. The van der Waals surface area contributed by atoms with Crippen LogP contribution >= 0.6 is 11.6 Å². The average molecular weight is 506 g/mol. The fraction of sp³-hybridized carbons (Fsp3) is 0.160. The van der Waals surface area contributed by atoms with Gasteiger partial charge >= 0.3 is 12.3 Å². The van der Waals surface area contributed by atoms with Crippen LogP contribution in [0.1, 0.15) is 24.3 Å². The maximum atomic E-state index is 12.5. The molecule has 4 rings (SSSR count). The molecule has 0 aliphatic heterocycles. The van der Waals surface area contributed by atoms with Gasteiger partial charge in [0.2, 0.25) is 0 Å². The van der Waals surface area contributed by atoms with Gasteiger partial charge in [0.1, 0.15) is 23.0 Å². The van der Waals surface area contributed by atoms with Gasteiger partial charge < -0.3 is 23.9 Å². The second-order valence-electron chi connectivity index (χ2n) is 7.77. The van der Waals surface area contributed by atoms with Crippen LogP contribution in [-0.4, -0.2) is 28.1 Å². The van der Waals surface area contributed by atoms with Crippen molar-refractivity contribution in [3.05, 3.63) is 77.4 Å². The topological polar surface area (TPSA) is 69.9 Å². The normalized spacial score (nSPS) is 11.6. The second-order valence-corrected chi connectivity index (χ2v) is 8.15. The first kappa shape index (κ1) is 24.3. The monoisotopic (exact) mass is 505 g/mol. The number of hydrogen-bond acceptors (Lipinski definition) is 4. The van der Waals surface area contributed by atoms with Crippen LogP contribution in [0.25, 0.3) is 16.6 Å². The summed E-state index contributed by atoms with van der Waals surface area (Å²) in [6, 6.07) is 16.7. The third-order valence-electron chi connectivity index (χ3n) is 4.82. The molecule has 1 heterocycles. The summed E-state index contributed by atoms with van der Waals surface area (Å²) in [7, 11) is 0. The van der Waals surface area contributed by atoms with Gasteiger partial charge in [-0.15, -0.1) is 13.2 Å².